The normalized spacial score (nSPS) is 25.6. The minimum absolute atomic E-state index is 0.0537. The van der Waals surface area contributed by atoms with E-state index in [2.05, 4.69) is 0 Å². The second kappa shape index (κ2) is 7.96. The van der Waals surface area contributed by atoms with Crippen molar-refractivity contribution < 1.29 is 17.9 Å². The first-order chi connectivity index (χ1) is 10.9. The summed E-state index contributed by atoms with van der Waals surface area (Å²) in [5, 5.41) is 0. The van der Waals surface area contributed by atoms with E-state index in [-0.39, 0.29) is 23.5 Å². The van der Waals surface area contributed by atoms with Crippen molar-refractivity contribution >= 4 is 44.0 Å². The van der Waals surface area contributed by atoms with Gasteiger partial charge in [-0.15, -0.1) is 0 Å². The molecule has 0 unspecified atom stereocenters. The van der Waals surface area contributed by atoms with Gasteiger partial charge in [0.05, 0.1) is 16.4 Å². The first-order valence-electron chi connectivity index (χ1n) is 7.58. The highest BCUT2D eigenvalue weighted by Crippen LogP contribution is 2.32. The van der Waals surface area contributed by atoms with Gasteiger partial charge < -0.3 is 9.64 Å². The molecule has 130 valence electrons. The Morgan fingerprint density at radius 3 is 2.83 bits per heavy atom. The standard InChI is InChI=1S/C14H22N2O4S3/c1-3-15(11-5-8-23(18,19)10-11)9-12-13(17)16(14(21)22-12)6-4-7-20-2/h9,11H,3-8,10H2,1-2H3/b12-9+/t11-/m0/s1. The second-order valence-corrected chi connectivity index (χ2v) is 9.46. The molecule has 2 heterocycles. The molecule has 0 aliphatic carbocycles. The minimum atomic E-state index is -2.95. The summed E-state index contributed by atoms with van der Waals surface area (Å²) in [5.74, 6) is 0.279. The summed E-state index contributed by atoms with van der Waals surface area (Å²) in [5.41, 5.74) is 0. The summed E-state index contributed by atoms with van der Waals surface area (Å²) < 4.78 is 28.9. The number of rotatable bonds is 7. The van der Waals surface area contributed by atoms with Gasteiger partial charge >= 0.3 is 0 Å². The smallest absolute Gasteiger partial charge is 0.267 e. The summed E-state index contributed by atoms with van der Waals surface area (Å²) in [4.78, 5) is 16.6. The quantitative estimate of drug-likeness (QED) is 0.375. The Hall–Kier alpha value is -0.640. The maximum atomic E-state index is 12.5. The van der Waals surface area contributed by atoms with E-state index in [1.54, 1.807) is 18.2 Å². The van der Waals surface area contributed by atoms with Gasteiger partial charge in [0.25, 0.3) is 5.91 Å². The van der Waals surface area contributed by atoms with Crippen LogP contribution in [0.15, 0.2) is 11.1 Å². The molecule has 0 saturated carbocycles. The highest BCUT2D eigenvalue weighted by atomic mass is 32.2. The Balaban J connectivity index is 2.06. The van der Waals surface area contributed by atoms with Crippen LogP contribution < -0.4 is 0 Å². The second-order valence-electron chi connectivity index (χ2n) is 5.55. The molecule has 0 N–H and O–H groups in total. The van der Waals surface area contributed by atoms with Gasteiger partial charge in [-0.05, 0) is 19.8 Å². The van der Waals surface area contributed by atoms with Crippen LogP contribution in [0.4, 0.5) is 0 Å². The molecule has 0 aromatic rings. The number of carbonyl (C=O) groups is 1. The number of methoxy groups -OCH3 is 1. The Labute approximate surface area is 147 Å². The van der Waals surface area contributed by atoms with E-state index < -0.39 is 9.84 Å². The van der Waals surface area contributed by atoms with Crippen LogP contribution in [0.25, 0.3) is 0 Å². The highest BCUT2D eigenvalue weighted by molar-refractivity contribution is 8.26. The van der Waals surface area contributed by atoms with Crippen molar-refractivity contribution in [2.45, 2.75) is 25.8 Å². The summed E-state index contributed by atoms with van der Waals surface area (Å²) in [6.07, 6.45) is 3.12. The van der Waals surface area contributed by atoms with Crippen molar-refractivity contribution in [1.29, 1.82) is 0 Å². The molecule has 0 bridgehead atoms. The van der Waals surface area contributed by atoms with E-state index >= 15 is 0 Å². The molecule has 9 heteroatoms. The fourth-order valence-electron chi connectivity index (χ4n) is 2.69. The molecule has 0 radical (unpaired) electrons. The van der Waals surface area contributed by atoms with Crippen LogP contribution in [-0.4, -0.2) is 72.8 Å². The average Bonchev–Trinajstić information content (AvgIpc) is 2.98. The summed E-state index contributed by atoms with van der Waals surface area (Å²) in [7, 11) is -1.32. The third-order valence-corrected chi connectivity index (χ3v) is 7.05. The Morgan fingerprint density at radius 2 is 2.26 bits per heavy atom. The third-order valence-electron chi connectivity index (χ3n) is 3.93. The maximum Gasteiger partial charge on any atom is 0.267 e. The number of nitrogens with zero attached hydrogens (tertiary/aromatic N) is 2. The summed E-state index contributed by atoms with van der Waals surface area (Å²) in [6, 6.07) is -0.0537. The molecule has 2 rings (SSSR count). The largest absolute Gasteiger partial charge is 0.385 e. The predicted molar refractivity (Wildman–Crippen MR) is 95.9 cm³/mol. The van der Waals surface area contributed by atoms with E-state index in [0.29, 0.717) is 35.3 Å². The van der Waals surface area contributed by atoms with Crippen molar-refractivity contribution in [2.75, 3.05) is 38.3 Å². The van der Waals surface area contributed by atoms with Gasteiger partial charge in [0, 0.05) is 39.0 Å². The first-order valence-corrected chi connectivity index (χ1v) is 10.6. The van der Waals surface area contributed by atoms with Crippen LogP contribution in [0.2, 0.25) is 0 Å². The number of hydrogen-bond acceptors (Lipinski definition) is 7. The monoisotopic (exact) mass is 378 g/mol. The Bertz CT molecular complexity index is 603. The number of ether oxygens (including phenoxy) is 1. The molecular weight excluding hydrogens is 356 g/mol. The van der Waals surface area contributed by atoms with Crippen molar-refractivity contribution in [3.63, 3.8) is 0 Å². The highest BCUT2D eigenvalue weighted by Gasteiger charge is 2.35. The molecule has 0 aromatic carbocycles. The fourth-order valence-corrected chi connectivity index (χ4v) is 5.74. The van der Waals surface area contributed by atoms with Crippen LogP contribution in [0.3, 0.4) is 0 Å². The average molecular weight is 379 g/mol. The molecule has 6 nitrogen and oxygen atoms in total. The number of hydrogen-bond donors (Lipinski definition) is 0. The predicted octanol–water partition coefficient (Wildman–Crippen LogP) is 1.23. The van der Waals surface area contributed by atoms with Crippen LogP contribution >= 0.6 is 24.0 Å². The molecule has 1 atom stereocenters. The molecule has 1 amide bonds. The number of thioether (sulfide) groups is 1. The number of sulfone groups is 1. The molecule has 0 spiro atoms. The van der Waals surface area contributed by atoms with Gasteiger partial charge in [0.2, 0.25) is 0 Å². The SMILES string of the molecule is CCN(/C=C1/SC(=S)N(CCCOC)C1=O)[C@H]1CCS(=O)(=O)C1. The number of amides is 1. The topological polar surface area (TPSA) is 66.9 Å². The molecule has 0 aromatic heterocycles. The molecular formula is C14H22N2O4S3. The van der Waals surface area contributed by atoms with Crippen LogP contribution in [-0.2, 0) is 19.4 Å². The Morgan fingerprint density at radius 1 is 1.52 bits per heavy atom. The fraction of sp³-hybridized carbons (Fsp3) is 0.714. The van der Waals surface area contributed by atoms with Crippen LogP contribution in [0, 0.1) is 0 Å². The van der Waals surface area contributed by atoms with E-state index in [0.717, 1.165) is 6.42 Å². The molecule has 2 aliphatic heterocycles. The lowest BCUT2D eigenvalue weighted by molar-refractivity contribution is -0.122. The van der Waals surface area contributed by atoms with E-state index in [1.807, 2.05) is 11.8 Å². The van der Waals surface area contributed by atoms with Crippen molar-refractivity contribution in [3.8, 4) is 0 Å². The summed E-state index contributed by atoms with van der Waals surface area (Å²) in [6.45, 7) is 3.74. The number of carbonyl (C=O) groups excluding carboxylic acids is 1. The van der Waals surface area contributed by atoms with Crippen molar-refractivity contribution in [1.82, 2.24) is 9.80 Å². The molecule has 23 heavy (non-hydrogen) atoms. The van der Waals surface area contributed by atoms with E-state index in [4.69, 9.17) is 17.0 Å². The van der Waals surface area contributed by atoms with Gasteiger partial charge in [-0.25, -0.2) is 8.42 Å². The lowest BCUT2D eigenvalue weighted by atomic mass is 10.2. The van der Waals surface area contributed by atoms with Crippen molar-refractivity contribution in [2.24, 2.45) is 0 Å². The lowest BCUT2D eigenvalue weighted by Gasteiger charge is -2.25. The molecule has 2 saturated heterocycles. The van der Waals surface area contributed by atoms with Gasteiger partial charge in [-0.3, -0.25) is 9.69 Å². The van der Waals surface area contributed by atoms with Gasteiger partial charge in [-0.2, -0.15) is 0 Å². The summed E-state index contributed by atoms with van der Waals surface area (Å²) >= 11 is 6.56. The number of thiocarbonyl (C=S) groups is 1. The third kappa shape index (κ3) is 4.68. The zero-order valence-electron chi connectivity index (χ0n) is 13.4. The first kappa shape index (κ1) is 18.7. The van der Waals surface area contributed by atoms with Gasteiger partial charge in [-0.1, -0.05) is 24.0 Å². The zero-order chi connectivity index (χ0) is 17.0. The minimum Gasteiger partial charge on any atom is -0.385 e. The van der Waals surface area contributed by atoms with Crippen LogP contribution in [0.1, 0.15) is 19.8 Å². The van der Waals surface area contributed by atoms with Gasteiger partial charge in [0.1, 0.15) is 4.32 Å². The molecule has 2 aliphatic rings. The Kier molecular flexibility index (Phi) is 6.47. The van der Waals surface area contributed by atoms with E-state index in [9.17, 15) is 13.2 Å². The van der Waals surface area contributed by atoms with Crippen LogP contribution in [0.5, 0.6) is 0 Å². The maximum absolute atomic E-state index is 12.5. The van der Waals surface area contributed by atoms with E-state index in [1.165, 1.54) is 11.8 Å². The van der Waals surface area contributed by atoms with Crippen molar-refractivity contribution in [3.05, 3.63) is 11.1 Å². The van der Waals surface area contributed by atoms with Gasteiger partial charge in [0.15, 0.2) is 9.84 Å². The zero-order valence-corrected chi connectivity index (χ0v) is 15.8. The molecule has 2 fully saturated rings. The lowest BCUT2D eigenvalue weighted by Crippen LogP contribution is -2.33.